The molecular formula is C18H17N3O4. The molecule has 1 saturated heterocycles. The summed E-state index contributed by atoms with van der Waals surface area (Å²) in [6.45, 7) is 0.897. The Hall–Kier alpha value is -3.27. The van der Waals surface area contributed by atoms with Crippen molar-refractivity contribution < 1.29 is 18.7 Å². The van der Waals surface area contributed by atoms with E-state index in [1.165, 1.54) is 0 Å². The lowest BCUT2D eigenvalue weighted by atomic mass is 9.99. The maximum atomic E-state index is 12.3. The molecule has 1 aromatic heterocycles. The molecule has 1 N–H and O–H groups in total. The fraction of sp³-hybridized carbons (Fsp3) is 0.278. The van der Waals surface area contributed by atoms with E-state index < -0.39 is 0 Å². The number of furan rings is 1. The summed E-state index contributed by atoms with van der Waals surface area (Å²) in [4.78, 5) is 25.3. The zero-order chi connectivity index (χ0) is 17.8. The van der Waals surface area contributed by atoms with Crippen LogP contribution in [0.1, 0.15) is 21.9 Å². The summed E-state index contributed by atoms with van der Waals surface area (Å²) in [5.41, 5.74) is 0.436. The van der Waals surface area contributed by atoms with Gasteiger partial charge in [0.2, 0.25) is 5.91 Å². The monoisotopic (exact) mass is 339 g/mol. The lowest BCUT2D eigenvalue weighted by Crippen LogP contribution is -2.55. The predicted octanol–water partition coefficient (Wildman–Crippen LogP) is 1.55. The highest BCUT2D eigenvalue weighted by Crippen LogP contribution is 2.22. The van der Waals surface area contributed by atoms with E-state index in [2.05, 4.69) is 11.4 Å². The molecule has 0 atom stereocenters. The van der Waals surface area contributed by atoms with E-state index in [9.17, 15) is 9.59 Å². The van der Waals surface area contributed by atoms with E-state index in [-0.39, 0.29) is 30.1 Å². The number of carbonyl (C=O) groups is 2. The molecule has 7 heteroatoms. The van der Waals surface area contributed by atoms with Gasteiger partial charge in [-0.05, 0) is 24.3 Å². The number of likely N-dealkylation sites (tertiary alicyclic amines) is 1. The Morgan fingerprint density at radius 2 is 2.08 bits per heavy atom. The lowest BCUT2D eigenvalue weighted by molar-refractivity contribution is -0.128. The van der Waals surface area contributed by atoms with Crippen molar-refractivity contribution >= 4 is 11.8 Å². The van der Waals surface area contributed by atoms with Crippen LogP contribution in [0.5, 0.6) is 5.75 Å². The van der Waals surface area contributed by atoms with Gasteiger partial charge in [0.15, 0.2) is 5.76 Å². The smallest absolute Gasteiger partial charge is 0.289 e. The van der Waals surface area contributed by atoms with Gasteiger partial charge in [0.1, 0.15) is 24.2 Å². The van der Waals surface area contributed by atoms with Gasteiger partial charge in [0.05, 0.1) is 11.5 Å². The Labute approximate surface area is 144 Å². The van der Waals surface area contributed by atoms with Crippen LogP contribution in [-0.4, -0.2) is 36.9 Å². The molecule has 3 rings (SSSR count). The van der Waals surface area contributed by atoms with Crippen molar-refractivity contribution in [1.82, 2.24) is 10.2 Å². The van der Waals surface area contributed by atoms with Crippen LogP contribution in [0, 0.1) is 17.2 Å². The molecule has 0 bridgehead atoms. The van der Waals surface area contributed by atoms with Crippen molar-refractivity contribution in [1.29, 1.82) is 5.26 Å². The van der Waals surface area contributed by atoms with E-state index in [4.69, 9.17) is 14.4 Å². The summed E-state index contributed by atoms with van der Waals surface area (Å²) in [7, 11) is 1.58. The molecular weight excluding hydrogens is 322 g/mol. The molecule has 7 nitrogen and oxygen atoms in total. The Balaban J connectivity index is 1.57. The summed E-state index contributed by atoms with van der Waals surface area (Å²) in [5.74, 6) is 0.694. The van der Waals surface area contributed by atoms with Crippen molar-refractivity contribution in [3.8, 4) is 11.8 Å². The molecule has 2 aromatic rings. The second-order valence-electron chi connectivity index (χ2n) is 5.68. The highest BCUT2D eigenvalue weighted by molar-refractivity contribution is 5.93. The third kappa shape index (κ3) is 3.48. The molecule has 25 heavy (non-hydrogen) atoms. The molecule has 0 radical (unpaired) electrons. The Bertz CT molecular complexity index is 831. The number of carbonyl (C=O) groups excluding carboxylic acids is 2. The van der Waals surface area contributed by atoms with E-state index >= 15 is 0 Å². The number of amides is 2. The lowest BCUT2D eigenvalue weighted by Gasteiger charge is -2.37. The van der Waals surface area contributed by atoms with Gasteiger partial charge in [-0.25, -0.2) is 0 Å². The van der Waals surface area contributed by atoms with Gasteiger partial charge < -0.3 is 19.4 Å². The first-order chi connectivity index (χ1) is 12.1. The van der Waals surface area contributed by atoms with Gasteiger partial charge in [-0.15, -0.1) is 0 Å². The molecule has 1 aromatic carbocycles. The normalized spacial score (nSPS) is 13.7. The fourth-order valence-corrected chi connectivity index (χ4v) is 2.57. The van der Waals surface area contributed by atoms with Crippen LogP contribution in [0.2, 0.25) is 0 Å². The minimum Gasteiger partial charge on any atom is -0.484 e. The van der Waals surface area contributed by atoms with Crippen LogP contribution >= 0.6 is 0 Å². The largest absolute Gasteiger partial charge is 0.484 e. The van der Waals surface area contributed by atoms with Crippen molar-refractivity contribution in [2.24, 2.45) is 5.92 Å². The van der Waals surface area contributed by atoms with Gasteiger partial charge in [-0.2, -0.15) is 5.26 Å². The number of nitriles is 1. The minimum absolute atomic E-state index is 0.0613. The number of benzene rings is 1. The fourth-order valence-electron chi connectivity index (χ4n) is 2.57. The van der Waals surface area contributed by atoms with Crippen molar-refractivity contribution in [2.45, 2.75) is 6.61 Å². The van der Waals surface area contributed by atoms with Crippen LogP contribution in [0.15, 0.2) is 40.8 Å². The Kier molecular flexibility index (Phi) is 4.70. The quantitative estimate of drug-likeness (QED) is 0.891. The zero-order valence-corrected chi connectivity index (χ0v) is 13.7. The third-order valence-corrected chi connectivity index (χ3v) is 4.04. The summed E-state index contributed by atoms with van der Waals surface area (Å²) < 4.78 is 11.1. The molecule has 0 spiro atoms. The summed E-state index contributed by atoms with van der Waals surface area (Å²) in [6, 6.07) is 12.2. The van der Waals surface area contributed by atoms with Gasteiger partial charge in [-0.3, -0.25) is 9.59 Å². The van der Waals surface area contributed by atoms with Crippen LogP contribution in [0.3, 0.4) is 0 Å². The van der Waals surface area contributed by atoms with Gasteiger partial charge >= 0.3 is 0 Å². The number of rotatable bonds is 5. The average Bonchev–Trinajstić information content (AvgIpc) is 3.07. The van der Waals surface area contributed by atoms with Crippen molar-refractivity contribution in [3.63, 3.8) is 0 Å². The second kappa shape index (κ2) is 7.09. The van der Waals surface area contributed by atoms with Gasteiger partial charge in [0, 0.05) is 20.1 Å². The molecule has 2 heterocycles. The molecule has 0 aliphatic carbocycles. The van der Waals surface area contributed by atoms with Gasteiger partial charge in [0.25, 0.3) is 5.91 Å². The minimum atomic E-state index is -0.246. The van der Waals surface area contributed by atoms with Crippen LogP contribution in [0.25, 0.3) is 0 Å². The van der Waals surface area contributed by atoms with E-state index in [1.807, 2.05) is 0 Å². The van der Waals surface area contributed by atoms with E-state index in [0.717, 1.165) is 0 Å². The molecule has 1 aliphatic heterocycles. The topological polar surface area (TPSA) is 95.6 Å². The van der Waals surface area contributed by atoms with Crippen LogP contribution in [-0.2, 0) is 11.4 Å². The number of hydrogen-bond donors (Lipinski definition) is 1. The summed E-state index contributed by atoms with van der Waals surface area (Å²) >= 11 is 0. The Morgan fingerprint density at radius 1 is 1.32 bits per heavy atom. The SMILES string of the molecule is CNC(=O)C1CN(C(=O)c2ccc(COc3ccccc3C#N)o2)C1. The molecule has 1 aliphatic rings. The number of ether oxygens (including phenoxy) is 1. The van der Waals surface area contributed by atoms with E-state index in [0.29, 0.717) is 30.2 Å². The number of nitrogens with one attached hydrogen (secondary N) is 1. The maximum Gasteiger partial charge on any atom is 0.289 e. The van der Waals surface area contributed by atoms with Crippen LogP contribution in [0.4, 0.5) is 0 Å². The van der Waals surface area contributed by atoms with Crippen molar-refractivity contribution in [2.75, 3.05) is 20.1 Å². The first-order valence-corrected chi connectivity index (χ1v) is 7.84. The first kappa shape index (κ1) is 16.6. The standard InChI is InChI=1S/C18H17N3O4/c1-20-17(22)13-9-21(10-13)18(23)16-7-6-14(25-16)11-24-15-5-3-2-4-12(15)8-19/h2-7,13H,9-11H2,1H3,(H,20,22). The summed E-state index contributed by atoms with van der Waals surface area (Å²) in [6.07, 6.45) is 0. The van der Waals surface area contributed by atoms with Crippen LogP contribution < -0.4 is 10.1 Å². The average molecular weight is 339 g/mol. The Morgan fingerprint density at radius 3 is 2.80 bits per heavy atom. The summed E-state index contributed by atoms with van der Waals surface area (Å²) in [5, 5.41) is 11.6. The molecule has 2 amide bonds. The number of hydrogen-bond acceptors (Lipinski definition) is 5. The third-order valence-electron chi connectivity index (χ3n) is 4.04. The number of para-hydroxylation sites is 1. The number of nitrogens with zero attached hydrogens (tertiary/aromatic N) is 2. The molecule has 128 valence electrons. The zero-order valence-electron chi connectivity index (χ0n) is 13.7. The highest BCUT2D eigenvalue weighted by atomic mass is 16.5. The predicted molar refractivity (Wildman–Crippen MR) is 87.7 cm³/mol. The first-order valence-electron chi connectivity index (χ1n) is 7.84. The van der Waals surface area contributed by atoms with Crippen molar-refractivity contribution in [3.05, 3.63) is 53.5 Å². The highest BCUT2D eigenvalue weighted by Gasteiger charge is 2.36. The van der Waals surface area contributed by atoms with Gasteiger partial charge in [-0.1, -0.05) is 12.1 Å². The molecule has 1 fully saturated rings. The molecule has 0 saturated carbocycles. The molecule has 0 unspecified atom stereocenters. The van der Waals surface area contributed by atoms with E-state index in [1.54, 1.807) is 48.3 Å². The maximum absolute atomic E-state index is 12.3. The second-order valence-corrected chi connectivity index (χ2v) is 5.68.